The summed E-state index contributed by atoms with van der Waals surface area (Å²) in [6.45, 7) is 3.77. The summed E-state index contributed by atoms with van der Waals surface area (Å²) in [5.41, 5.74) is 1.83. The summed E-state index contributed by atoms with van der Waals surface area (Å²) in [5, 5.41) is 14.0. The molecule has 0 unspecified atom stereocenters. The summed E-state index contributed by atoms with van der Waals surface area (Å²) in [7, 11) is 3.39. The third-order valence-corrected chi connectivity index (χ3v) is 5.45. The Morgan fingerprint density at radius 3 is 2.56 bits per heavy atom. The van der Waals surface area contributed by atoms with Gasteiger partial charge in [0, 0.05) is 19.8 Å². The van der Waals surface area contributed by atoms with Crippen LogP contribution < -0.4 is 10.6 Å². The van der Waals surface area contributed by atoms with E-state index in [4.69, 9.17) is 0 Å². The molecule has 2 N–H and O–H groups in total. The highest BCUT2D eigenvalue weighted by Gasteiger charge is 2.22. The molecule has 2 aromatic rings. The Morgan fingerprint density at radius 1 is 1.28 bits per heavy atom. The fourth-order valence-electron chi connectivity index (χ4n) is 2.00. The molecule has 0 aliphatic heterocycles. The molecule has 134 valence electrons. The number of nitrogens with one attached hydrogen (secondary N) is 2. The van der Waals surface area contributed by atoms with Gasteiger partial charge < -0.3 is 15.5 Å². The third-order valence-electron chi connectivity index (χ3n) is 3.34. The lowest BCUT2D eigenvalue weighted by Gasteiger charge is -2.20. The zero-order valence-electron chi connectivity index (χ0n) is 14.6. The van der Waals surface area contributed by atoms with Gasteiger partial charge in [0.05, 0.1) is 11.8 Å². The number of rotatable bonds is 7. The van der Waals surface area contributed by atoms with Gasteiger partial charge in [-0.25, -0.2) is 0 Å². The fourth-order valence-corrected chi connectivity index (χ4v) is 3.97. The molecule has 0 fully saturated rings. The quantitative estimate of drug-likeness (QED) is 0.719. The highest BCUT2D eigenvalue weighted by Crippen LogP contribution is 2.29. The van der Waals surface area contributed by atoms with Crippen molar-refractivity contribution in [2.24, 2.45) is 0 Å². The number of hydrogen-bond acceptors (Lipinski definition) is 7. The van der Waals surface area contributed by atoms with Crippen molar-refractivity contribution in [3.05, 3.63) is 29.8 Å². The number of thioether (sulfide) groups is 1. The first-order valence-electron chi connectivity index (χ1n) is 7.68. The fraction of sp³-hybridized carbons (Fsp3) is 0.375. The lowest BCUT2D eigenvalue weighted by atomic mass is 10.2. The number of carbonyl (C=O) groups excluding carboxylic acids is 2. The molecule has 1 aromatic carbocycles. The first-order valence-corrected chi connectivity index (χ1v) is 9.38. The van der Waals surface area contributed by atoms with Crippen LogP contribution in [0.2, 0.25) is 0 Å². The number of likely N-dealkylation sites (N-methyl/N-ethyl adjacent to an activating group) is 1. The molecule has 0 bridgehead atoms. The maximum Gasteiger partial charge on any atom is 0.243 e. The number of hydrogen-bond donors (Lipinski definition) is 2. The van der Waals surface area contributed by atoms with Crippen molar-refractivity contribution in [1.82, 2.24) is 15.1 Å². The van der Waals surface area contributed by atoms with Gasteiger partial charge in [-0.05, 0) is 26.0 Å². The standard InChI is InChI=1S/C16H21N5O2S2/c1-10-5-7-12(8-6-10)18-13(22)9-21(4)14(23)11(2)24-16-20-19-15(17-3)25-16/h5-8,11H,9H2,1-4H3,(H,17,19)(H,18,22)/t11-/m0/s1. The molecule has 9 heteroatoms. The molecule has 0 aliphatic carbocycles. The first kappa shape index (κ1) is 19.2. The summed E-state index contributed by atoms with van der Waals surface area (Å²) < 4.78 is 0.711. The molecular weight excluding hydrogens is 358 g/mol. The SMILES string of the molecule is CNc1nnc(S[C@@H](C)C(=O)N(C)CC(=O)Nc2ccc(C)cc2)s1. The van der Waals surface area contributed by atoms with Gasteiger partial charge in [-0.1, -0.05) is 40.8 Å². The van der Waals surface area contributed by atoms with Crippen molar-refractivity contribution in [3.63, 3.8) is 0 Å². The summed E-state index contributed by atoms with van der Waals surface area (Å²) >= 11 is 2.72. The number of aromatic nitrogens is 2. The molecule has 2 rings (SSSR count). The largest absolute Gasteiger partial charge is 0.363 e. The van der Waals surface area contributed by atoms with Gasteiger partial charge >= 0.3 is 0 Å². The van der Waals surface area contributed by atoms with E-state index in [1.807, 2.05) is 31.2 Å². The second-order valence-electron chi connectivity index (χ2n) is 5.49. The van der Waals surface area contributed by atoms with Crippen molar-refractivity contribution >= 4 is 45.7 Å². The lowest BCUT2D eigenvalue weighted by molar-refractivity contribution is -0.132. The lowest BCUT2D eigenvalue weighted by Crippen LogP contribution is -2.38. The number of benzene rings is 1. The first-order chi connectivity index (χ1) is 11.9. The van der Waals surface area contributed by atoms with Gasteiger partial charge in [-0.15, -0.1) is 10.2 Å². The zero-order chi connectivity index (χ0) is 18.4. The zero-order valence-corrected chi connectivity index (χ0v) is 16.2. The van der Waals surface area contributed by atoms with Gasteiger partial charge in [0.1, 0.15) is 0 Å². The van der Waals surface area contributed by atoms with Crippen LogP contribution in [-0.2, 0) is 9.59 Å². The van der Waals surface area contributed by atoms with E-state index in [-0.39, 0.29) is 23.6 Å². The molecule has 1 atom stereocenters. The number of carbonyl (C=O) groups is 2. The molecule has 2 amide bonds. The molecule has 1 heterocycles. The molecule has 0 saturated heterocycles. The van der Waals surface area contributed by atoms with Crippen LogP contribution in [-0.4, -0.2) is 52.8 Å². The molecule has 1 aromatic heterocycles. The average molecular weight is 380 g/mol. The minimum atomic E-state index is -0.352. The number of amides is 2. The average Bonchev–Trinajstić information content (AvgIpc) is 3.03. The van der Waals surface area contributed by atoms with Crippen LogP contribution in [0.4, 0.5) is 10.8 Å². The summed E-state index contributed by atoms with van der Waals surface area (Å²) in [6.07, 6.45) is 0. The van der Waals surface area contributed by atoms with E-state index < -0.39 is 0 Å². The van der Waals surface area contributed by atoms with Crippen LogP contribution in [0.15, 0.2) is 28.6 Å². The Bertz CT molecular complexity index is 732. The van der Waals surface area contributed by atoms with Crippen molar-refractivity contribution in [1.29, 1.82) is 0 Å². The van der Waals surface area contributed by atoms with Crippen molar-refractivity contribution < 1.29 is 9.59 Å². The molecule has 0 spiro atoms. The van der Waals surface area contributed by atoms with Crippen LogP contribution in [0, 0.1) is 6.92 Å². The smallest absolute Gasteiger partial charge is 0.243 e. The predicted octanol–water partition coefficient (Wildman–Crippen LogP) is 2.47. The van der Waals surface area contributed by atoms with E-state index in [1.54, 1.807) is 21.0 Å². The van der Waals surface area contributed by atoms with E-state index >= 15 is 0 Å². The Kier molecular flexibility index (Phi) is 6.77. The maximum absolute atomic E-state index is 12.4. The van der Waals surface area contributed by atoms with Crippen LogP contribution in [0.3, 0.4) is 0 Å². The van der Waals surface area contributed by atoms with Crippen LogP contribution >= 0.6 is 23.1 Å². The molecule has 7 nitrogen and oxygen atoms in total. The normalized spacial score (nSPS) is 11.7. The minimum Gasteiger partial charge on any atom is -0.363 e. The van der Waals surface area contributed by atoms with Crippen LogP contribution in [0.1, 0.15) is 12.5 Å². The Labute approximate surface area is 155 Å². The molecule has 0 saturated carbocycles. The number of aryl methyl sites for hydroxylation is 1. The van der Waals surface area contributed by atoms with Crippen LogP contribution in [0.5, 0.6) is 0 Å². The highest BCUT2D eigenvalue weighted by molar-refractivity contribution is 8.02. The number of anilines is 2. The van der Waals surface area contributed by atoms with E-state index in [2.05, 4.69) is 20.8 Å². The monoisotopic (exact) mass is 379 g/mol. The second kappa shape index (κ2) is 8.82. The summed E-state index contributed by atoms with van der Waals surface area (Å²) in [5.74, 6) is -0.365. The highest BCUT2D eigenvalue weighted by atomic mass is 32.2. The van der Waals surface area contributed by atoms with Crippen molar-refractivity contribution in [2.75, 3.05) is 31.3 Å². The molecule has 0 aliphatic rings. The maximum atomic E-state index is 12.4. The van der Waals surface area contributed by atoms with Crippen LogP contribution in [0.25, 0.3) is 0 Å². The van der Waals surface area contributed by atoms with Gasteiger partial charge in [-0.3, -0.25) is 9.59 Å². The minimum absolute atomic E-state index is 0.00447. The molecular formula is C16H21N5O2S2. The number of nitrogens with zero attached hydrogens (tertiary/aromatic N) is 3. The third kappa shape index (κ3) is 5.71. The van der Waals surface area contributed by atoms with E-state index in [1.165, 1.54) is 28.0 Å². The van der Waals surface area contributed by atoms with Gasteiger partial charge in [0.25, 0.3) is 0 Å². The summed E-state index contributed by atoms with van der Waals surface area (Å²) in [4.78, 5) is 25.9. The predicted molar refractivity (Wildman–Crippen MR) is 102 cm³/mol. The Hall–Kier alpha value is -2.13. The van der Waals surface area contributed by atoms with E-state index in [0.717, 1.165) is 5.56 Å². The molecule has 0 radical (unpaired) electrons. The van der Waals surface area contributed by atoms with Gasteiger partial charge in [0.2, 0.25) is 16.9 Å². The van der Waals surface area contributed by atoms with E-state index in [0.29, 0.717) is 15.2 Å². The van der Waals surface area contributed by atoms with Gasteiger partial charge in [-0.2, -0.15) is 0 Å². The van der Waals surface area contributed by atoms with Gasteiger partial charge in [0.15, 0.2) is 4.34 Å². The topological polar surface area (TPSA) is 87.2 Å². The molecule has 25 heavy (non-hydrogen) atoms. The Balaban J connectivity index is 1.85. The van der Waals surface area contributed by atoms with Crippen molar-refractivity contribution in [3.8, 4) is 0 Å². The Morgan fingerprint density at radius 2 is 1.96 bits per heavy atom. The van der Waals surface area contributed by atoms with Crippen molar-refractivity contribution in [2.45, 2.75) is 23.4 Å². The summed E-state index contributed by atoms with van der Waals surface area (Å²) in [6, 6.07) is 7.51. The van der Waals surface area contributed by atoms with E-state index in [9.17, 15) is 9.59 Å². The second-order valence-corrected chi connectivity index (χ2v) is 8.06.